The van der Waals surface area contributed by atoms with E-state index in [4.69, 9.17) is 9.47 Å². The summed E-state index contributed by atoms with van der Waals surface area (Å²) in [4.78, 5) is 24.5. The number of rotatable bonds is 29. The van der Waals surface area contributed by atoms with Gasteiger partial charge in [0.05, 0.1) is 18.0 Å². The fourth-order valence-corrected chi connectivity index (χ4v) is 5.66. The Morgan fingerprint density at radius 2 is 0.979 bits per heavy atom. The first-order valence-corrected chi connectivity index (χ1v) is 19.1. The summed E-state index contributed by atoms with van der Waals surface area (Å²) in [7, 11) is 0. The van der Waals surface area contributed by atoms with Crippen molar-refractivity contribution >= 4 is 23.3 Å². The number of carbonyl (C=O) groups is 2. The third-order valence-electron chi connectivity index (χ3n) is 8.74. The number of aliphatic hydroxyl groups excluding tert-OH is 1. The summed E-state index contributed by atoms with van der Waals surface area (Å²) in [5.74, 6) is -0.707. The zero-order valence-electron chi connectivity index (χ0n) is 30.1. The fraction of sp³-hybridized carbons (Fsp3) is 0.659. The van der Waals surface area contributed by atoms with Crippen LogP contribution in [-0.2, 0) is 31.9 Å². The highest BCUT2D eigenvalue weighted by Crippen LogP contribution is 2.21. The zero-order chi connectivity index (χ0) is 34.5. The molecular weight excluding hydrogens is 600 g/mol. The van der Waals surface area contributed by atoms with Crippen molar-refractivity contribution in [3.63, 3.8) is 0 Å². The number of carbonyl (C=O) groups excluding carboxylic acids is 2. The minimum Gasteiger partial charge on any atom is -0.462 e. The molecule has 7 nitrogen and oxygen atoms in total. The number of ether oxygens (including phenoxy) is 2. The van der Waals surface area contributed by atoms with Gasteiger partial charge in [0.2, 0.25) is 0 Å². The molecule has 48 heavy (non-hydrogen) atoms. The Morgan fingerprint density at radius 3 is 1.44 bits per heavy atom. The molecule has 0 heterocycles. The second-order valence-corrected chi connectivity index (χ2v) is 13.2. The van der Waals surface area contributed by atoms with E-state index in [2.05, 4.69) is 36.2 Å². The predicted molar refractivity (Wildman–Crippen MR) is 196 cm³/mol. The summed E-state index contributed by atoms with van der Waals surface area (Å²) in [5, 5.41) is 18.3. The molecule has 2 rings (SSSR count). The predicted octanol–water partition coefficient (Wildman–Crippen LogP) is 11.5. The number of esters is 2. The van der Waals surface area contributed by atoms with E-state index in [-0.39, 0.29) is 25.6 Å². The van der Waals surface area contributed by atoms with Crippen LogP contribution in [0.3, 0.4) is 0 Å². The summed E-state index contributed by atoms with van der Waals surface area (Å²) in [6.45, 7) is 3.97. The third kappa shape index (κ3) is 21.0. The highest BCUT2D eigenvalue weighted by molar-refractivity contribution is 5.70. The van der Waals surface area contributed by atoms with E-state index in [1.54, 1.807) is 0 Å². The van der Waals surface area contributed by atoms with Crippen LogP contribution in [0.15, 0.2) is 58.8 Å². The highest BCUT2D eigenvalue weighted by atomic mass is 16.6. The Balaban J connectivity index is 1.48. The van der Waals surface area contributed by atoms with Gasteiger partial charge in [-0.05, 0) is 67.5 Å². The number of nitrogens with zero attached hydrogens (tertiary/aromatic N) is 2. The molecule has 0 aliphatic rings. The molecule has 1 atom stereocenters. The minimum absolute atomic E-state index is 0.112. The molecule has 0 unspecified atom stereocenters. The molecule has 2 aromatic rings. The van der Waals surface area contributed by atoms with Crippen LogP contribution in [-0.4, -0.2) is 36.4 Å². The van der Waals surface area contributed by atoms with Crippen molar-refractivity contribution in [3.8, 4) is 0 Å². The summed E-state index contributed by atoms with van der Waals surface area (Å²) in [6, 6.07) is 16.0. The topological polar surface area (TPSA) is 97.6 Å². The van der Waals surface area contributed by atoms with E-state index in [0.29, 0.717) is 19.3 Å². The van der Waals surface area contributed by atoms with Gasteiger partial charge in [-0.2, -0.15) is 10.2 Å². The van der Waals surface area contributed by atoms with E-state index < -0.39 is 12.1 Å². The molecule has 1 N–H and O–H groups in total. The highest BCUT2D eigenvalue weighted by Gasteiger charge is 2.16. The Hall–Kier alpha value is -3.06. The van der Waals surface area contributed by atoms with E-state index in [1.807, 2.05) is 36.4 Å². The minimum atomic E-state index is -0.834. The van der Waals surface area contributed by atoms with Crippen molar-refractivity contribution in [2.75, 3.05) is 13.2 Å². The Morgan fingerprint density at radius 1 is 0.562 bits per heavy atom. The molecule has 2 aromatic carbocycles. The number of azo groups is 1. The van der Waals surface area contributed by atoms with Crippen LogP contribution in [0.25, 0.3) is 0 Å². The lowest BCUT2D eigenvalue weighted by Gasteiger charge is -2.15. The molecule has 7 heteroatoms. The second kappa shape index (κ2) is 27.8. The van der Waals surface area contributed by atoms with Crippen LogP contribution in [0.1, 0.15) is 153 Å². The molecule has 0 spiro atoms. The fourth-order valence-electron chi connectivity index (χ4n) is 5.66. The van der Waals surface area contributed by atoms with Gasteiger partial charge in [-0.1, -0.05) is 134 Å². The summed E-state index contributed by atoms with van der Waals surface area (Å²) < 4.78 is 10.6. The monoisotopic (exact) mass is 664 g/mol. The molecular formula is C41H64N2O5. The van der Waals surface area contributed by atoms with Crippen molar-refractivity contribution in [2.45, 2.75) is 161 Å². The summed E-state index contributed by atoms with van der Waals surface area (Å²) >= 11 is 0. The largest absolute Gasteiger partial charge is 0.462 e. The molecule has 0 radical (unpaired) electrons. The van der Waals surface area contributed by atoms with Gasteiger partial charge in [-0.15, -0.1) is 0 Å². The van der Waals surface area contributed by atoms with E-state index >= 15 is 0 Å². The maximum atomic E-state index is 12.3. The van der Waals surface area contributed by atoms with Gasteiger partial charge in [0.25, 0.3) is 0 Å². The van der Waals surface area contributed by atoms with Crippen molar-refractivity contribution in [3.05, 3.63) is 59.7 Å². The molecule has 0 fully saturated rings. The Labute approximate surface area is 291 Å². The van der Waals surface area contributed by atoms with Crippen LogP contribution in [0.4, 0.5) is 11.4 Å². The Bertz CT molecular complexity index is 1120. The number of hydrogen-bond acceptors (Lipinski definition) is 7. The van der Waals surface area contributed by atoms with Crippen molar-refractivity contribution < 1.29 is 24.2 Å². The second-order valence-electron chi connectivity index (χ2n) is 13.2. The summed E-state index contributed by atoms with van der Waals surface area (Å²) in [6.07, 6.45) is 23.7. The van der Waals surface area contributed by atoms with E-state index in [0.717, 1.165) is 42.6 Å². The number of aryl methyl sites for hydroxylation is 2. The van der Waals surface area contributed by atoms with Gasteiger partial charge in [0.15, 0.2) is 6.10 Å². The van der Waals surface area contributed by atoms with Crippen molar-refractivity contribution in [1.82, 2.24) is 0 Å². The normalized spacial score (nSPS) is 12.0. The van der Waals surface area contributed by atoms with Crippen LogP contribution in [0.5, 0.6) is 0 Å². The first-order chi connectivity index (χ1) is 23.5. The van der Waals surface area contributed by atoms with Crippen LogP contribution >= 0.6 is 0 Å². The first-order valence-electron chi connectivity index (χ1n) is 19.1. The lowest BCUT2D eigenvalue weighted by molar-refractivity contribution is -0.161. The first kappa shape index (κ1) is 41.1. The number of aliphatic hydroxyl groups is 1. The maximum Gasteiger partial charge on any atom is 0.306 e. The number of unbranched alkanes of at least 4 members (excludes halogenated alkanes) is 15. The molecule has 0 bridgehead atoms. The van der Waals surface area contributed by atoms with Crippen LogP contribution in [0, 0.1) is 0 Å². The molecule has 0 amide bonds. The van der Waals surface area contributed by atoms with Crippen LogP contribution < -0.4 is 0 Å². The number of benzene rings is 2. The van der Waals surface area contributed by atoms with Gasteiger partial charge in [0.1, 0.15) is 6.61 Å². The molecule has 268 valence electrons. The van der Waals surface area contributed by atoms with Crippen LogP contribution in [0.2, 0.25) is 0 Å². The van der Waals surface area contributed by atoms with Crippen molar-refractivity contribution in [2.24, 2.45) is 10.2 Å². The average Bonchev–Trinajstić information content (AvgIpc) is 3.10. The SMILES string of the molecule is CCCCCCCCCCCCCCCCCC(=O)OC[C@H](CO)OC(=O)CCCc1ccc(N=Nc2ccc(CCCC)cc2)cc1. The standard InChI is InChI=1S/C41H64N2O5/c1-3-5-7-8-9-10-11-12-13-14-15-16-17-18-19-23-40(45)47-34-39(33-44)48-41(46)24-20-22-36-27-31-38(32-28-36)43-42-37-29-25-35(26-30-37)21-6-4-2/h25-32,39,44H,3-24,33-34H2,1-2H3/t39-/m0/s1. The van der Waals surface area contributed by atoms with E-state index in [1.165, 1.54) is 95.5 Å². The third-order valence-corrected chi connectivity index (χ3v) is 8.74. The summed E-state index contributed by atoms with van der Waals surface area (Å²) in [5.41, 5.74) is 4.01. The average molecular weight is 665 g/mol. The quantitative estimate of drug-likeness (QED) is 0.0530. The molecule has 0 aliphatic heterocycles. The lowest BCUT2D eigenvalue weighted by Crippen LogP contribution is -2.28. The van der Waals surface area contributed by atoms with Crippen molar-refractivity contribution in [1.29, 1.82) is 0 Å². The van der Waals surface area contributed by atoms with Gasteiger partial charge in [-0.25, -0.2) is 0 Å². The van der Waals surface area contributed by atoms with Gasteiger partial charge < -0.3 is 14.6 Å². The smallest absolute Gasteiger partial charge is 0.306 e. The zero-order valence-corrected chi connectivity index (χ0v) is 30.1. The van der Waals surface area contributed by atoms with Gasteiger partial charge in [-0.3, -0.25) is 9.59 Å². The molecule has 0 saturated carbocycles. The molecule has 0 aromatic heterocycles. The van der Waals surface area contributed by atoms with E-state index in [9.17, 15) is 14.7 Å². The lowest BCUT2D eigenvalue weighted by atomic mass is 10.0. The maximum absolute atomic E-state index is 12.3. The van der Waals surface area contributed by atoms with Gasteiger partial charge in [0, 0.05) is 12.8 Å². The van der Waals surface area contributed by atoms with Gasteiger partial charge >= 0.3 is 11.9 Å². The number of hydrogen-bond donors (Lipinski definition) is 1. The molecule has 0 saturated heterocycles. The molecule has 0 aliphatic carbocycles. The Kier molecular flexibility index (Phi) is 23.9.